The van der Waals surface area contributed by atoms with Crippen molar-refractivity contribution in [2.75, 3.05) is 38.1 Å². The summed E-state index contributed by atoms with van der Waals surface area (Å²) in [5.41, 5.74) is -0.472. The highest BCUT2D eigenvalue weighted by Crippen LogP contribution is 2.50. The van der Waals surface area contributed by atoms with Crippen molar-refractivity contribution < 1.29 is 41.6 Å². The number of nitrogens with one attached hydrogen (secondary N) is 2. The molecule has 3 N–H and O–H groups in total. The molecule has 0 aromatic carbocycles. The Morgan fingerprint density at radius 1 is 1.11 bits per heavy atom. The van der Waals surface area contributed by atoms with E-state index >= 15 is 0 Å². The van der Waals surface area contributed by atoms with Gasteiger partial charge in [-0.2, -0.15) is 4.98 Å². The van der Waals surface area contributed by atoms with Gasteiger partial charge in [-0.15, -0.1) is 0 Å². The van der Waals surface area contributed by atoms with E-state index in [0.717, 1.165) is 0 Å². The molecule has 0 radical (unpaired) electrons. The van der Waals surface area contributed by atoms with Crippen molar-refractivity contribution >= 4 is 32.7 Å². The van der Waals surface area contributed by atoms with E-state index in [4.69, 9.17) is 27.4 Å². The van der Waals surface area contributed by atoms with Crippen LogP contribution in [-0.2, 0) is 36.5 Å². The Labute approximate surface area is 201 Å². The first-order valence-electron chi connectivity index (χ1n) is 11.2. The molecule has 1 aliphatic heterocycles. The zero-order valence-corrected chi connectivity index (χ0v) is 21.7. The number of nitrogens with zero attached hydrogens (tertiary/aromatic N) is 3. The molecule has 2 aromatic rings. The van der Waals surface area contributed by atoms with Gasteiger partial charge in [0.1, 0.15) is 12.3 Å². The molecule has 17 heteroatoms. The van der Waals surface area contributed by atoms with Crippen molar-refractivity contribution in [1.82, 2.24) is 19.5 Å². The topological polar surface area (TPSA) is 185 Å². The Hall–Kier alpha value is -1.67. The van der Waals surface area contributed by atoms with Gasteiger partial charge in [-0.3, -0.25) is 42.1 Å². The largest absolute Gasteiger partial charge is 0.474 e. The molecule has 1 fully saturated rings. The van der Waals surface area contributed by atoms with Crippen LogP contribution in [0.25, 0.3) is 11.2 Å². The predicted octanol–water partition coefficient (Wildman–Crippen LogP) is 2.56. The van der Waals surface area contributed by atoms with Crippen LogP contribution in [0.4, 0.5) is 5.95 Å². The van der Waals surface area contributed by atoms with Gasteiger partial charge >= 0.3 is 15.6 Å². The number of fused-ring (bicyclic) bond motifs is 1. The molecule has 0 aliphatic carbocycles. The molecule has 0 saturated carbocycles. The van der Waals surface area contributed by atoms with Crippen LogP contribution in [0.15, 0.2) is 11.1 Å². The maximum atomic E-state index is 12.8. The van der Waals surface area contributed by atoms with Crippen molar-refractivity contribution in [3.05, 3.63) is 16.7 Å². The Bertz CT molecular complexity index is 1120. The zero-order chi connectivity index (χ0) is 25.6. The number of hydrogen-bond donors (Lipinski definition) is 3. The first-order chi connectivity index (χ1) is 16.7. The number of H-pyrrole nitrogens is 1. The number of aromatic nitrogens is 4. The number of aromatic amines is 1. The molecule has 2 aromatic heterocycles. The van der Waals surface area contributed by atoms with E-state index in [1.165, 1.54) is 10.9 Å². The third-order valence-electron chi connectivity index (χ3n) is 4.76. The summed E-state index contributed by atoms with van der Waals surface area (Å²) in [4.78, 5) is 23.4. The first-order valence-corrected chi connectivity index (χ1v) is 14.2. The third kappa shape index (κ3) is 6.76. The second-order valence-corrected chi connectivity index (χ2v) is 10.6. The molecular formula is C18H31N5O10P2. The molecule has 15 nitrogen and oxygen atoms in total. The fraction of sp³-hybridized carbons (Fsp3) is 0.722. The van der Waals surface area contributed by atoms with Crippen LogP contribution in [0, 0.1) is 0 Å². The Morgan fingerprint density at radius 3 is 2.34 bits per heavy atom. The van der Waals surface area contributed by atoms with Crippen molar-refractivity contribution in [3.8, 4) is 0 Å². The number of imidazole rings is 1. The van der Waals surface area contributed by atoms with Crippen molar-refractivity contribution in [2.45, 2.75) is 52.6 Å². The summed E-state index contributed by atoms with van der Waals surface area (Å²) in [7, 11) is -7.56. The summed E-state index contributed by atoms with van der Waals surface area (Å²) < 4.78 is 58.5. The maximum Gasteiger partial charge on any atom is 0.474 e. The molecule has 198 valence electrons. The quantitative estimate of drug-likeness (QED) is 0.298. The lowest BCUT2D eigenvalue weighted by molar-refractivity contribution is -0.0452. The Balaban J connectivity index is 1.80. The van der Waals surface area contributed by atoms with Crippen LogP contribution < -0.4 is 10.6 Å². The average molecular weight is 539 g/mol. The van der Waals surface area contributed by atoms with E-state index in [0.29, 0.717) is 0 Å². The van der Waals surface area contributed by atoms with E-state index in [-0.39, 0.29) is 56.6 Å². The normalized spacial score (nSPS) is 21.1. The molecule has 0 spiro atoms. The number of aliphatic hydroxyl groups excluding tert-OH is 1. The highest BCUT2D eigenvalue weighted by Gasteiger charge is 2.38. The van der Waals surface area contributed by atoms with Gasteiger partial charge in [0, 0.05) is 6.42 Å². The molecule has 0 amide bonds. The Kier molecular flexibility index (Phi) is 9.60. The van der Waals surface area contributed by atoms with Gasteiger partial charge in [0.2, 0.25) is 5.95 Å². The summed E-state index contributed by atoms with van der Waals surface area (Å²) in [6.45, 7) is 6.77. The predicted molar refractivity (Wildman–Crippen MR) is 124 cm³/mol. The average Bonchev–Trinajstić information content (AvgIpc) is 3.36. The molecule has 1 saturated heterocycles. The van der Waals surface area contributed by atoms with Crippen LogP contribution in [-0.4, -0.2) is 69.9 Å². The van der Waals surface area contributed by atoms with Crippen LogP contribution >= 0.6 is 15.6 Å². The number of phosphoric acid groups is 1. The second-order valence-electron chi connectivity index (χ2n) is 7.19. The maximum absolute atomic E-state index is 12.8. The van der Waals surface area contributed by atoms with Gasteiger partial charge in [0.15, 0.2) is 11.2 Å². The van der Waals surface area contributed by atoms with Gasteiger partial charge in [0.25, 0.3) is 5.56 Å². The van der Waals surface area contributed by atoms with Gasteiger partial charge < -0.3 is 9.84 Å². The SMILES string of the molecule is CCOP(=O)(Nc1nc2c(ncn2[C@H]2C[C@H](O)[C@@H](COP(=O)(OCC)OCC)O2)c(=O)[nH]1)OCC. The van der Waals surface area contributed by atoms with Gasteiger partial charge in [-0.25, -0.2) is 14.1 Å². The van der Waals surface area contributed by atoms with Crippen LogP contribution in [0.2, 0.25) is 0 Å². The lowest BCUT2D eigenvalue weighted by atomic mass is 10.2. The summed E-state index contributed by atoms with van der Waals surface area (Å²) in [6.07, 6.45) is -1.16. The van der Waals surface area contributed by atoms with Crippen molar-refractivity contribution in [1.29, 1.82) is 0 Å². The molecule has 3 heterocycles. The van der Waals surface area contributed by atoms with E-state index in [1.54, 1.807) is 27.7 Å². The van der Waals surface area contributed by atoms with Crippen LogP contribution in [0.1, 0.15) is 40.3 Å². The monoisotopic (exact) mass is 539 g/mol. The molecule has 1 aliphatic rings. The number of rotatable bonds is 14. The van der Waals surface area contributed by atoms with E-state index in [2.05, 4.69) is 20.0 Å². The van der Waals surface area contributed by atoms with Crippen LogP contribution in [0.3, 0.4) is 0 Å². The third-order valence-corrected chi connectivity index (χ3v) is 8.06. The van der Waals surface area contributed by atoms with E-state index in [1.807, 2.05) is 0 Å². The summed E-state index contributed by atoms with van der Waals surface area (Å²) in [5.74, 6) is -0.151. The fourth-order valence-electron chi connectivity index (χ4n) is 3.39. The lowest BCUT2D eigenvalue weighted by Crippen LogP contribution is -2.26. The minimum Gasteiger partial charge on any atom is -0.390 e. The second kappa shape index (κ2) is 12.0. The van der Waals surface area contributed by atoms with Crippen molar-refractivity contribution in [3.63, 3.8) is 0 Å². The molecular weight excluding hydrogens is 508 g/mol. The number of hydrogen-bond acceptors (Lipinski definition) is 12. The number of ether oxygens (including phenoxy) is 1. The summed E-state index contributed by atoms with van der Waals surface area (Å²) in [6, 6.07) is 0. The molecule has 0 unspecified atom stereocenters. The standard InChI is InChI=1S/C18H31N5O10P2/c1-5-28-34(26,29-6-2)22-18-20-16-15(17(25)21-18)19-11-23(16)14-9-12(24)13(33-14)10-32-35(27,30-7-3)31-8-4/h11-14,24H,5-10H2,1-4H3,(H2,20,21,22,25,26)/t12-,13+,14+/m0/s1. The summed E-state index contributed by atoms with van der Waals surface area (Å²) in [5, 5.41) is 13.0. The smallest absolute Gasteiger partial charge is 0.390 e. The van der Waals surface area contributed by atoms with Gasteiger partial charge in [-0.1, -0.05) is 0 Å². The number of aliphatic hydroxyl groups is 1. The zero-order valence-electron chi connectivity index (χ0n) is 19.9. The van der Waals surface area contributed by atoms with E-state index < -0.39 is 39.6 Å². The van der Waals surface area contributed by atoms with E-state index in [9.17, 15) is 19.0 Å². The number of phosphoric ester groups is 1. The lowest BCUT2D eigenvalue weighted by Gasteiger charge is -2.20. The Morgan fingerprint density at radius 2 is 1.74 bits per heavy atom. The molecule has 3 rings (SSSR count). The minimum atomic E-state index is -3.79. The van der Waals surface area contributed by atoms with Gasteiger partial charge in [-0.05, 0) is 27.7 Å². The van der Waals surface area contributed by atoms with Crippen molar-refractivity contribution in [2.24, 2.45) is 0 Å². The highest BCUT2D eigenvalue weighted by molar-refractivity contribution is 7.55. The fourth-order valence-corrected chi connectivity index (χ4v) is 5.82. The van der Waals surface area contributed by atoms with Crippen LogP contribution in [0.5, 0.6) is 0 Å². The highest BCUT2D eigenvalue weighted by atomic mass is 31.2. The summed E-state index contributed by atoms with van der Waals surface area (Å²) >= 11 is 0. The number of anilines is 1. The minimum absolute atomic E-state index is 0.00758. The molecule has 35 heavy (non-hydrogen) atoms. The first kappa shape index (κ1) is 27.9. The molecule has 3 atom stereocenters. The van der Waals surface area contributed by atoms with Gasteiger partial charge in [0.05, 0.1) is 45.5 Å². The molecule has 0 bridgehead atoms.